The van der Waals surface area contributed by atoms with Gasteiger partial charge in [-0.05, 0) is 59.7 Å². The zero-order chi connectivity index (χ0) is 28.4. The van der Waals surface area contributed by atoms with Crippen LogP contribution in [0.1, 0.15) is 34.7 Å². The fraction of sp³-hybridized carbons (Fsp3) is 0.147. The summed E-state index contributed by atoms with van der Waals surface area (Å²) in [5.41, 5.74) is 4.32. The predicted octanol–water partition coefficient (Wildman–Crippen LogP) is 7.21. The van der Waals surface area contributed by atoms with Crippen LogP contribution in [0.25, 0.3) is 6.08 Å². The van der Waals surface area contributed by atoms with E-state index in [1.807, 2.05) is 110 Å². The molecule has 5 rings (SSSR count). The first-order chi connectivity index (χ1) is 20.1. The third-order valence-corrected chi connectivity index (χ3v) is 7.44. The highest BCUT2D eigenvalue weighted by Crippen LogP contribution is 2.36. The van der Waals surface area contributed by atoms with Crippen LogP contribution >= 0.6 is 11.8 Å². The van der Waals surface area contributed by atoms with E-state index in [0.29, 0.717) is 46.8 Å². The Bertz CT molecular complexity index is 1610. The molecule has 0 spiro atoms. The number of nitriles is 1. The SMILES string of the molecule is CCOc1cc(/C=C2/SC(=NCc3ccccc3)N(Cc3ccccc3)C2=O)ccc1OCc1ccccc1C#N. The number of hydrogen-bond acceptors (Lipinski definition) is 6. The van der Waals surface area contributed by atoms with Crippen molar-refractivity contribution in [2.45, 2.75) is 26.6 Å². The molecule has 0 N–H and O–H groups in total. The molecule has 1 heterocycles. The van der Waals surface area contributed by atoms with Gasteiger partial charge < -0.3 is 9.47 Å². The van der Waals surface area contributed by atoms with E-state index in [2.05, 4.69) is 6.07 Å². The summed E-state index contributed by atoms with van der Waals surface area (Å²) in [4.78, 5) is 20.8. The Balaban J connectivity index is 1.39. The summed E-state index contributed by atoms with van der Waals surface area (Å²) in [5.74, 6) is 1.06. The quantitative estimate of drug-likeness (QED) is 0.192. The van der Waals surface area contributed by atoms with Crippen LogP contribution in [-0.2, 0) is 24.5 Å². The lowest BCUT2D eigenvalue weighted by Gasteiger charge is -2.15. The lowest BCUT2D eigenvalue weighted by molar-refractivity contribution is -0.122. The van der Waals surface area contributed by atoms with Crippen molar-refractivity contribution in [1.82, 2.24) is 4.90 Å². The zero-order valence-corrected chi connectivity index (χ0v) is 23.5. The van der Waals surface area contributed by atoms with Gasteiger partial charge in [-0.1, -0.05) is 84.9 Å². The lowest BCUT2D eigenvalue weighted by Crippen LogP contribution is -2.28. The van der Waals surface area contributed by atoms with E-state index in [-0.39, 0.29) is 12.5 Å². The first-order valence-electron chi connectivity index (χ1n) is 13.4. The fourth-order valence-corrected chi connectivity index (χ4v) is 5.31. The van der Waals surface area contributed by atoms with Gasteiger partial charge >= 0.3 is 0 Å². The van der Waals surface area contributed by atoms with Crippen molar-refractivity contribution in [3.05, 3.63) is 136 Å². The molecule has 1 saturated heterocycles. The number of aliphatic imine (C=N–C) groups is 1. The van der Waals surface area contributed by atoms with E-state index in [1.54, 1.807) is 11.0 Å². The highest BCUT2D eigenvalue weighted by molar-refractivity contribution is 8.18. The molecule has 1 aliphatic heterocycles. The summed E-state index contributed by atoms with van der Waals surface area (Å²) >= 11 is 1.38. The molecule has 4 aromatic rings. The molecular weight excluding hydrogens is 530 g/mol. The first kappa shape index (κ1) is 27.8. The molecule has 204 valence electrons. The van der Waals surface area contributed by atoms with Gasteiger partial charge in [-0.3, -0.25) is 14.7 Å². The maximum atomic E-state index is 13.6. The van der Waals surface area contributed by atoms with Gasteiger partial charge in [-0.2, -0.15) is 5.26 Å². The summed E-state index contributed by atoms with van der Waals surface area (Å²) in [6.07, 6.45) is 1.87. The highest BCUT2D eigenvalue weighted by atomic mass is 32.2. The van der Waals surface area contributed by atoms with Crippen molar-refractivity contribution in [2.75, 3.05) is 6.61 Å². The second-order valence-electron chi connectivity index (χ2n) is 9.27. The van der Waals surface area contributed by atoms with Crippen LogP contribution in [0.5, 0.6) is 11.5 Å². The van der Waals surface area contributed by atoms with Gasteiger partial charge in [0.1, 0.15) is 6.61 Å². The standard InChI is InChI=1S/C34H29N3O3S/c1-2-39-31-19-27(17-18-30(31)40-24-29-16-10-9-15-28(29)21-35)20-32-33(38)37(23-26-13-7-4-8-14-26)34(41-32)36-22-25-11-5-3-6-12-25/h3-20H,2,22-24H2,1H3/b32-20+,36-34?. The largest absolute Gasteiger partial charge is 0.490 e. The van der Waals surface area contributed by atoms with Crippen LogP contribution in [0.3, 0.4) is 0 Å². The Morgan fingerprint density at radius 3 is 2.32 bits per heavy atom. The van der Waals surface area contributed by atoms with Crippen molar-refractivity contribution in [1.29, 1.82) is 5.26 Å². The zero-order valence-electron chi connectivity index (χ0n) is 22.7. The lowest BCUT2D eigenvalue weighted by atomic mass is 10.1. The normalized spacial score (nSPS) is 14.8. The number of nitrogens with zero attached hydrogens (tertiary/aromatic N) is 3. The molecule has 0 unspecified atom stereocenters. The highest BCUT2D eigenvalue weighted by Gasteiger charge is 2.33. The number of carbonyl (C=O) groups excluding carboxylic acids is 1. The second-order valence-corrected chi connectivity index (χ2v) is 10.3. The van der Waals surface area contributed by atoms with E-state index in [1.165, 1.54) is 11.8 Å². The van der Waals surface area contributed by atoms with Crippen molar-refractivity contribution in [3.8, 4) is 17.6 Å². The smallest absolute Gasteiger partial charge is 0.267 e. The molecular formula is C34H29N3O3S. The topological polar surface area (TPSA) is 74.9 Å². The summed E-state index contributed by atoms with van der Waals surface area (Å²) < 4.78 is 11.9. The van der Waals surface area contributed by atoms with Crippen LogP contribution in [0.4, 0.5) is 0 Å². The molecule has 0 saturated carbocycles. The van der Waals surface area contributed by atoms with Crippen LogP contribution in [0.15, 0.2) is 113 Å². The first-order valence-corrected chi connectivity index (χ1v) is 14.2. The minimum absolute atomic E-state index is 0.0861. The molecule has 4 aromatic carbocycles. The second kappa shape index (κ2) is 13.5. The van der Waals surface area contributed by atoms with Crippen LogP contribution in [-0.4, -0.2) is 22.6 Å². The summed E-state index contributed by atoms with van der Waals surface area (Å²) in [6.45, 7) is 3.55. The Hall–Kier alpha value is -4.80. The van der Waals surface area contributed by atoms with E-state index < -0.39 is 0 Å². The third-order valence-electron chi connectivity index (χ3n) is 6.40. The van der Waals surface area contributed by atoms with Gasteiger partial charge in [-0.15, -0.1) is 0 Å². The number of ether oxygens (including phenoxy) is 2. The Kier molecular flexibility index (Phi) is 9.15. The molecule has 1 fully saturated rings. The molecule has 41 heavy (non-hydrogen) atoms. The van der Waals surface area contributed by atoms with E-state index >= 15 is 0 Å². The van der Waals surface area contributed by atoms with Crippen LogP contribution in [0.2, 0.25) is 0 Å². The molecule has 1 aliphatic rings. The maximum absolute atomic E-state index is 13.6. The molecule has 1 amide bonds. The molecule has 6 nitrogen and oxygen atoms in total. The number of amidine groups is 1. The molecule has 0 radical (unpaired) electrons. The van der Waals surface area contributed by atoms with Gasteiger partial charge in [0.05, 0.1) is 36.2 Å². The molecule has 0 aromatic heterocycles. The van der Waals surface area contributed by atoms with Gasteiger partial charge in [0, 0.05) is 5.56 Å². The Morgan fingerprint density at radius 2 is 1.59 bits per heavy atom. The van der Waals surface area contributed by atoms with Crippen molar-refractivity contribution in [3.63, 3.8) is 0 Å². The minimum Gasteiger partial charge on any atom is -0.490 e. The number of carbonyl (C=O) groups is 1. The number of amides is 1. The summed E-state index contributed by atoms with van der Waals surface area (Å²) in [7, 11) is 0. The average Bonchev–Trinajstić information content (AvgIpc) is 3.30. The van der Waals surface area contributed by atoms with Gasteiger partial charge in [-0.25, -0.2) is 0 Å². The van der Waals surface area contributed by atoms with E-state index in [0.717, 1.165) is 22.3 Å². The number of rotatable bonds is 10. The summed E-state index contributed by atoms with van der Waals surface area (Å²) in [6, 6.07) is 35.1. The van der Waals surface area contributed by atoms with Crippen molar-refractivity contribution in [2.24, 2.45) is 4.99 Å². The number of hydrogen-bond donors (Lipinski definition) is 0. The summed E-state index contributed by atoms with van der Waals surface area (Å²) in [5, 5.41) is 10.1. The monoisotopic (exact) mass is 559 g/mol. The average molecular weight is 560 g/mol. The molecule has 7 heteroatoms. The van der Waals surface area contributed by atoms with Crippen LogP contribution in [0, 0.1) is 11.3 Å². The Morgan fingerprint density at radius 1 is 0.878 bits per heavy atom. The van der Waals surface area contributed by atoms with Crippen molar-refractivity contribution >= 4 is 28.9 Å². The minimum atomic E-state index is -0.0861. The number of thioether (sulfide) groups is 1. The van der Waals surface area contributed by atoms with E-state index in [4.69, 9.17) is 14.5 Å². The van der Waals surface area contributed by atoms with Gasteiger partial charge in [0.2, 0.25) is 0 Å². The van der Waals surface area contributed by atoms with E-state index in [9.17, 15) is 10.1 Å². The number of benzene rings is 4. The van der Waals surface area contributed by atoms with Gasteiger partial charge in [0.25, 0.3) is 5.91 Å². The molecule has 0 aliphatic carbocycles. The van der Waals surface area contributed by atoms with Crippen molar-refractivity contribution < 1.29 is 14.3 Å². The molecule has 0 atom stereocenters. The fourth-order valence-electron chi connectivity index (χ4n) is 4.34. The molecule has 0 bridgehead atoms. The Labute approximate surface area is 244 Å². The van der Waals surface area contributed by atoms with Gasteiger partial charge in [0.15, 0.2) is 16.7 Å². The third kappa shape index (κ3) is 7.05. The maximum Gasteiger partial charge on any atom is 0.267 e. The predicted molar refractivity (Wildman–Crippen MR) is 163 cm³/mol. The van der Waals surface area contributed by atoms with Crippen LogP contribution < -0.4 is 9.47 Å².